The molecule has 0 saturated carbocycles. The van der Waals surface area contributed by atoms with Crippen molar-refractivity contribution in [1.29, 1.82) is 0 Å². The van der Waals surface area contributed by atoms with E-state index in [9.17, 15) is 5.11 Å². The molecule has 76 valence electrons. The van der Waals surface area contributed by atoms with E-state index in [1.807, 2.05) is 0 Å². The second-order valence-electron chi connectivity index (χ2n) is 3.77. The molecule has 0 fully saturated rings. The summed E-state index contributed by atoms with van der Waals surface area (Å²) in [4.78, 5) is 2.49. The van der Waals surface area contributed by atoms with Crippen LogP contribution in [0.2, 0.25) is 0 Å². The van der Waals surface area contributed by atoms with E-state index in [1.54, 1.807) is 22.7 Å². The SMILES string of the molecule is Cc1cc2c(O)c3sc(C)cc3cc2s1. The molecule has 0 aliphatic heterocycles. The average molecular weight is 234 g/mol. The number of phenolic OH excluding ortho intramolecular Hbond substituents is 1. The van der Waals surface area contributed by atoms with E-state index in [4.69, 9.17) is 0 Å². The Morgan fingerprint density at radius 1 is 1.00 bits per heavy atom. The number of aryl methyl sites for hydroxylation is 2. The Labute approximate surface area is 95.6 Å². The zero-order valence-corrected chi connectivity index (χ0v) is 10.1. The van der Waals surface area contributed by atoms with Gasteiger partial charge in [0.05, 0.1) is 4.70 Å². The predicted molar refractivity (Wildman–Crippen MR) is 68.3 cm³/mol. The van der Waals surface area contributed by atoms with Crippen LogP contribution in [0.5, 0.6) is 5.75 Å². The summed E-state index contributed by atoms with van der Waals surface area (Å²) in [6.45, 7) is 4.15. The number of rotatable bonds is 0. The predicted octanol–water partition coefficient (Wildman–Crippen LogP) is 4.44. The summed E-state index contributed by atoms with van der Waals surface area (Å²) >= 11 is 3.39. The van der Waals surface area contributed by atoms with Crippen molar-refractivity contribution in [3.63, 3.8) is 0 Å². The molecule has 1 N–H and O–H groups in total. The molecule has 15 heavy (non-hydrogen) atoms. The minimum atomic E-state index is 0.449. The maximum absolute atomic E-state index is 10.2. The molecule has 0 radical (unpaired) electrons. The molecule has 3 rings (SSSR count). The lowest BCUT2D eigenvalue weighted by Crippen LogP contribution is -1.67. The number of hydrogen-bond acceptors (Lipinski definition) is 3. The van der Waals surface area contributed by atoms with Crippen molar-refractivity contribution in [3.8, 4) is 5.75 Å². The summed E-state index contributed by atoms with van der Waals surface area (Å²) in [5.74, 6) is 0.449. The Kier molecular flexibility index (Phi) is 1.82. The van der Waals surface area contributed by atoms with E-state index in [0.29, 0.717) is 5.75 Å². The van der Waals surface area contributed by atoms with Gasteiger partial charge in [-0.2, -0.15) is 0 Å². The van der Waals surface area contributed by atoms with Crippen molar-refractivity contribution in [2.45, 2.75) is 13.8 Å². The maximum Gasteiger partial charge on any atom is 0.142 e. The Hall–Kier alpha value is -1.06. The van der Waals surface area contributed by atoms with Gasteiger partial charge in [-0.1, -0.05) is 0 Å². The molecule has 0 bridgehead atoms. The second-order valence-corrected chi connectivity index (χ2v) is 6.31. The number of fused-ring (bicyclic) bond motifs is 2. The van der Waals surface area contributed by atoms with Gasteiger partial charge in [0.15, 0.2) is 0 Å². The molecule has 0 aliphatic rings. The largest absolute Gasteiger partial charge is 0.506 e. The fourth-order valence-corrected chi connectivity index (χ4v) is 3.84. The third-order valence-electron chi connectivity index (χ3n) is 2.52. The van der Waals surface area contributed by atoms with E-state index in [1.165, 1.54) is 14.5 Å². The molecule has 0 atom stereocenters. The van der Waals surface area contributed by atoms with Gasteiger partial charge in [-0.05, 0) is 37.4 Å². The first-order valence-corrected chi connectivity index (χ1v) is 6.41. The van der Waals surface area contributed by atoms with Crippen LogP contribution in [0.4, 0.5) is 0 Å². The van der Waals surface area contributed by atoms with Gasteiger partial charge in [0.2, 0.25) is 0 Å². The van der Waals surface area contributed by atoms with E-state index in [-0.39, 0.29) is 0 Å². The molecule has 0 unspecified atom stereocenters. The molecule has 2 aromatic heterocycles. The molecule has 3 heteroatoms. The highest BCUT2D eigenvalue weighted by Crippen LogP contribution is 2.41. The zero-order chi connectivity index (χ0) is 10.6. The fraction of sp³-hybridized carbons (Fsp3) is 0.167. The van der Waals surface area contributed by atoms with Crippen LogP contribution in [-0.4, -0.2) is 5.11 Å². The number of aromatic hydroxyl groups is 1. The molecule has 0 aliphatic carbocycles. The van der Waals surface area contributed by atoms with E-state index in [2.05, 4.69) is 32.0 Å². The summed E-state index contributed by atoms with van der Waals surface area (Å²) in [6.07, 6.45) is 0. The van der Waals surface area contributed by atoms with Gasteiger partial charge >= 0.3 is 0 Å². The maximum atomic E-state index is 10.2. The molecular formula is C12H10OS2. The zero-order valence-electron chi connectivity index (χ0n) is 8.50. The molecular weight excluding hydrogens is 224 g/mol. The molecule has 0 amide bonds. The topological polar surface area (TPSA) is 20.2 Å². The second kappa shape index (κ2) is 2.97. The number of phenols is 1. The van der Waals surface area contributed by atoms with Gasteiger partial charge in [-0.25, -0.2) is 0 Å². The lowest BCUT2D eigenvalue weighted by Gasteiger charge is -1.96. The minimum Gasteiger partial charge on any atom is -0.506 e. The van der Waals surface area contributed by atoms with Gasteiger partial charge < -0.3 is 5.11 Å². The molecule has 3 aromatic rings. The van der Waals surface area contributed by atoms with E-state index < -0.39 is 0 Å². The molecule has 1 nitrogen and oxygen atoms in total. The van der Waals surface area contributed by atoms with E-state index >= 15 is 0 Å². The van der Waals surface area contributed by atoms with Gasteiger partial charge in [-0.3, -0.25) is 0 Å². The van der Waals surface area contributed by atoms with Crippen LogP contribution in [0.3, 0.4) is 0 Å². The summed E-state index contributed by atoms with van der Waals surface area (Å²) < 4.78 is 2.19. The highest BCUT2D eigenvalue weighted by atomic mass is 32.1. The monoisotopic (exact) mass is 234 g/mol. The summed E-state index contributed by atoms with van der Waals surface area (Å²) in [5, 5.41) is 12.3. The van der Waals surface area contributed by atoms with Crippen LogP contribution in [0.25, 0.3) is 20.2 Å². The lowest BCUT2D eigenvalue weighted by atomic mass is 10.2. The average Bonchev–Trinajstić information content (AvgIpc) is 2.69. The van der Waals surface area contributed by atoms with Crippen molar-refractivity contribution in [2.24, 2.45) is 0 Å². The Morgan fingerprint density at radius 2 is 1.73 bits per heavy atom. The minimum absolute atomic E-state index is 0.449. The first-order chi connectivity index (χ1) is 7.15. The number of benzene rings is 1. The van der Waals surface area contributed by atoms with Crippen LogP contribution in [0, 0.1) is 13.8 Å². The summed E-state index contributed by atoms with van der Waals surface area (Å²) in [6, 6.07) is 6.36. The molecule has 2 heterocycles. The van der Waals surface area contributed by atoms with Gasteiger partial charge in [0.25, 0.3) is 0 Å². The first kappa shape index (κ1) is 9.19. The van der Waals surface area contributed by atoms with Crippen LogP contribution >= 0.6 is 22.7 Å². The first-order valence-electron chi connectivity index (χ1n) is 4.77. The number of thiophene rings is 2. The van der Waals surface area contributed by atoms with Crippen LogP contribution in [0.15, 0.2) is 18.2 Å². The summed E-state index contributed by atoms with van der Waals surface area (Å²) in [5.41, 5.74) is 0. The fourth-order valence-electron chi connectivity index (χ4n) is 1.91. The third kappa shape index (κ3) is 1.27. The van der Waals surface area contributed by atoms with Crippen molar-refractivity contribution in [3.05, 3.63) is 28.0 Å². The van der Waals surface area contributed by atoms with Crippen molar-refractivity contribution < 1.29 is 5.11 Å². The quantitative estimate of drug-likeness (QED) is 0.609. The highest BCUT2D eigenvalue weighted by Gasteiger charge is 2.10. The summed E-state index contributed by atoms with van der Waals surface area (Å²) in [7, 11) is 0. The molecule has 0 saturated heterocycles. The Balaban J connectivity index is 2.56. The van der Waals surface area contributed by atoms with Crippen LogP contribution in [-0.2, 0) is 0 Å². The van der Waals surface area contributed by atoms with Crippen molar-refractivity contribution in [2.75, 3.05) is 0 Å². The lowest BCUT2D eigenvalue weighted by molar-refractivity contribution is 0.488. The molecule has 1 aromatic carbocycles. The van der Waals surface area contributed by atoms with Crippen molar-refractivity contribution in [1.82, 2.24) is 0 Å². The third-order valence-corrected chi connectivity index (χ3v) is 4.60. The van der Waals surface area contributed by atoms with E-state index in [0.717, 1.165) is 15.5 Å². The Morgan fingerprint density at radius 3 is 2.53 bits per heavy atom. The van der Waals surface area contributed by atoms with Crippen molar-refractivity contribution >= 4 is 42.8 Å². The smallest absolute Gasteiger partial charge is 0.142 e. The standard InChI is InChI=1S/C12H10OS2/c1-6-3-8-5-10-9(4-7(2)14-10)11(13)12(8)15-6/h3-5,13H,1-2H3. The molecule has 0 spiro atoms. The Bertz CT molecular complexity index is 606. The van der Waals surface area contributed by atoms with Gasteiger partial charge in [-0.15, -0.1) is 22.7 Å². The van der Waals surface area contributed by atoms with Gasteiger partial charge in [0, 0.05) is 19.8 Å². The van der Waals surface area contributed by atoms with Crippen LogP contribution < -0.4 is 0 Å². The number of hydrogen-bond donors (Lipinski definition) is 1. The van der Waals surface area contributed by atoms with Crippen LogP contribution in [0.1, 0.15) is 9.75 Å². The normalized spacial score (nSPS) is 11.6. The van der Waals surface area contributed by atoms with Gasteiger partial charge in [0.1, 0.15) is 5.75 Å². The highest BCUT2D eigenvalue weighted by molar-refractivity contribution is 7.21.